The standard InChI is InChI=1S/C11H20N/c1-4-7-8-11-12(9-5-2)10-6-3/h5-6,9H,2-4,7-8,10-11H2,1H3. The molecule has 0 aliphatic carbocycles. The molecule has 0 aromatic heterocycles. The number of hydrogen-bond donors (Lipinski definition) is 0. The van der Waals surface area contributed by atoms with Gasteiger partial charge in [-0.1, -0.05) is 31.9 Å². The van der Waals surface area contributed by atoms with Crippen molar-refractivity contribution >= 4 is 0 Å². The van der Waals surface area contributed by atoms with E-state index >= 15 is 0 Å². The quantitative estimate of drug-likeness (QED) is 0.396. The molecule has 0 aromatic carbocycles. The molecule has 0 spiro atoms. The van der Waals surface area contributed by atoms with Gasteiger partial charge in [-0.2, -0.15) is 0 Å². The fourth-order valence-electron chi connectivity index (χ4n) is 1.11. The van der Waals surface area contributed by atoms with Gasteiger partial charge in [0, 0.05) is 13.1 Å². The largest absolute Gasteiger partial charge is 0.291 e. The first kappa shape index (κ1) is 11.4. The molecule has 0 fully saturated rings. The van der Waals surface area contributed by atoms with Gasteiger partial charge in [-0.15, -0.1) is 13.2 Å². The third-order valence-electron chi connectivity index (χ3n) is 1.73. The van der Waals surface area contributed by atoms with Crippen molar-refractivity contribution in [3.63, 3.8) is 0 Å². The number of hydrogen-bond acceptors (Lipinski definition) is 1. The summed E-state index contributed by atoms with van der Waals surface area (Å²) < 4.78 is 0. The Labute approximate surface area is 76.8 Å². The second-order valence-corrected chi connectivity index (χ2v) is 2.88. The first-order valence-corrected chi connectivity index (χ1v) is 4.66. The molecule has 1 radical (unpaired) electrons. The first-order chi connectivity index (χ1) is 5.85. The Hall–Kier alpha value is -0.560. The van der Waals surface area contributed by atoms with E-state index in [1.165, 1.54) is 19.3 Å². The summed E-state index contributed by atoms with van der Waals surface area (Å²) in [5, 5.41) is 0. The lowest BCUT2D eigenvalue weighted by atomic mass is 10.2. The van der Waals surface area contributed by atoms with Crippen LogP contribution in [0.2, 0.25) is 0 Å². The van der Waals surface area contributed by atoms with E-state index in [0.29, 0.717) is 0 Å². The minimum atomic E-state index is 0.926. The molecule has 0 aromatic rings. The van der Waals surface area contributed by atoms with Crippen LogP contribution in [0, 0.1) is 6.54 Å². The molecular formula is C11H20N. The van der Waals surface area contributed by atoms with Gasteiger partial charge in [-0.05, 0) is 13.0 Å². The molecule has 0 amide bonds. The second kappa shape index (κ2) is 8.54. The van der Waals surface area contributed by atoms with Crippen molar-refractivity contribution in [3.8, 4) is 0 Å². The van der Waals surface area contributed by atoms with Crippen LogP contribution in [0.3, 0.4) is 0 Å². The lowest BCUT2D eigenvalue weighted by Gasteiger charge is -2.17. The van der Waals surface area contributed by atoms with Crippen molar-refractivity contribution in [3.05, 3.63) is 31.9 Å². The SMILES string of the molecule is C=C[CH]N(CC=C)CCCCC. The van der Waals surface area contributed by atoms with Gasteiger partial charge < -0.3 is 0 Å². The van der Waals surface area contributed by atoms with Crippen LogP contribution in [0.25, 0.3) is 0 Å². The number of rotatable bonds is 8. The highest BCUT2D eigenvalue weighted by molar-refractivity contribution is 4.89. The molecular weight excluding hydrogens is 146 g/mol. The van der Waals surface area contributed by atoms with Crippen molar-refractivity contribution in [1.82, 2.24) is 4.90 Å². The van der Waals surface area contributed by atoms with Crippen molar-refractivity contribution in [2.45, 2.75) is 26.2 Å². The highest BCUT2D eigenvalue weighted by Gasteiger charge is 1.98. The Morgan fingerprint density at radius 1 is 1.25 bits per heavy atom. The zero-order chi connectivity index (χ0) is 9.23. The maximum Gasteiger partial charge on any atom is 0.0470 e. The topological polar surface area (TPSA) is 3.24 Å². The van der Waals surface area contributed by atoms with Crippen LogP contribution >= 0.6 is 0 Å². The van der Waals surface area contributed by atoms with Crippen molar-refractivity contribution in [1.29, 1.82) is 0 Å². The van der Waals surface area contributed by atoms with Crippen LogP contribution in [0.5, 0.6) is 0 Å². The fourth-order valence-corrected chi connectivity index (χ4v) is 1.11. The third kappa shape index (κ3) is 6.17. The summed E-state index contributed by atoms with van der Waals surface area (Å²) in [6.07, 6.45) is 7.59. The maximum atomic E-state index is 3.72. The highest BCUT2D eigenvalue weighted by Crippen LogP contribution is 2.00. The lowest BCUT2D eigenvalue weighted by Crippen LogP contribution is -2.21. The Morgan fingerprint density at radius 3 is 2.50 bits per heavy atom. The predicted octanol–water partition coefficient (Wildman–Crippen LogP) is 3.01. The molecule has 12 heavy (non-hydrogen) atoms. The van der Waals surface area contributed by atoms with Gasteiger partial charge in [0.25, 0.3) is 0 Å². The van der Waals surface area contributed by atoms with E-state index in [1.807, 2.05) is 18.7 Å². The van der Waals surface area contributed by atoms with Crippen LogP contribution in [-0.4, -0.2) is 18.0 Å². The number of nitrogens with zero attached hydrogens (tertiary/aromatic N) is 1. The smallest absolute Gasteiger partial charge is 0.0470 e. The fraction of sp³-hybridized carbons (Fsp3) is 0.545. The Kier molecular flexibility index (Phi) is 8.14. The Balaban J connectivity index is 3.47. The average molecular weight is 166 g/mol. The second-order valence-electron chi connectivity index (χ2n) is 2.88. The zero-order valence-electron chi connectivity index (χ0n) is 8.13. The van der Waals surface area contributed by atoms with Gasteiger partial charge in [0.15, 0.2) is 0 Å². The van der Waals surface area contributed by atoms with Crippen molar-refractivity contribution in [2.24, 2.45) is 0 Å². The van der Waals surface area contributed by atoms with Crippen molar-refractivity contribution < 1.29 is 0 Å². The average Bonchev–Trinajstić information content (AvgIpc) is 2.06. The van der Waals surface area contributed by atoms with Crippen LogP contribution in [0.4, 0.5) is 0 Å². The molecule has 0 aliphatic rings. The van der Waals surface area contributed by atoms with Crippen LogP contribution in [-0.2, 0) is 0 Å². The molecule has 1 nitrogen and oxygen atoms in total. The lowest BCUT2D eigenvalue weighted by molar-refractivity contribution is 0.371. The van der Waals surface area contributed by atoms with Gasteiger partial charge >= 0.3 is 0 Å². The van der Waals surface area contributed by atoms with E-state index < -0.39 is 0 Å². The normalized spacial score (nSPS) is 10.2. The molecule has 0 heterocycles. The Morgan fingerprint density at radius 2 is 2.00 bits per heavy atom. The summed E-state index contributed by atoms with van der Waals surface area (Å²) in [6, 6.07) is 0. The molecule has 0 aliphatic heterocycles. The summed E-state index contributed by atoms with van der Waals surface area (Å²) in [6.45, 7) is 13.7. The van der Waals surface area contributed by atoms with Crippen molar-refractivity contribution in [2.75, 3.05) is 13.1 Å². The summed E-state index contributed by atoms with van der Waals surface area (Å²) in [5.74, 6) is 0. The van der Waals surface area contributed by atoms with E-state index in [2.05, 4.69) is 25.0 Å². The minimum absolute atomic E-state index is 0.926. The van der Waals surface area contributed by atoms with E-state index in [1.54, 1.807) is 0 Å². The monoisotopic (exact) mass is 166 g/mol. The van der Waals surface area contributed by atoms with E-state index in [0.717, 1.165) is 13.1 Å². The molecule has 0 unspecified atom stereocenters. The third-order valence-corrected chi connectivity index (χ3v) is 1.73. The van der Waals surface area contributed by atoms with Crippen LogP contribution in [0.1, 0.15) is 26.2 Å². The molecule has 0 saturated heterocycles. The molecule has 0 rings (SSSR count). The van der Waals surface area contributed by atoms with Gasteiger partial charge in [0.1, 0.15) is 0 Å². The van der Waals surface area contributed by atoms with E-state index in [9.17, 15) is 0 Å². The summed E-state index contributed by atoms with van der Waals surface area (Å²) in [7, 11) is 0. The molecule has 0 bridgehead atoms. The van der Waals surface area contributed by atoms with Gasteiger partial charge in [0.05, 0.1) is 0 Å². The Bertz CT molecular complexity index is 108. The highest BCUT2D eigenvalue weighted by atomic mass is 15.1. The van der Waals surface area contributed by atoms with E-state index in [-0.39, 0.29) is 0 Å². The van der Waals surface area contributed by atoms with Gasteiger partial charge in [-0.3, -0.25) is 4.90 Å². The van der Waals surface area contributed by atoms with Gasteiger partial charge in [0.2, 0.25) is 0 Å². The molecule has 0 N–H and O–H groups in total. The molecule has 69 valence electrons. The molecule has 0 atom stereocenters. The number of unbranched alkanes of at least 4 members (excludes halogenated alkanes) is 2. The van der Waals surface area contributed by atoms with Crippen LogP contribution < -0.4 is 0 Å². The summed E-state index contributed by atoms with van der Waals surface area (Å²) in [5.41, 5.74) is 0. The summed E-state index contributed by atoms with van der Waals surface area (Å²) in [4.78, 5) is 2.23. The molecule has 0 saturated carbocycles. The first-order valence-electron chi connectivity index (χ1n) is 4.66. The zero-order valence-corrected chi connectivity index (χ0v) is 8.13. The van der Waals surface area contributed by atoms with E-state index in [4.69, 9.17) is 0 Å². The summed E-state index contributed by atoms with van der Waals surface area (Å²) >= 11 is 0. The maximum absolute atomic E-state index is 3.72. The van der Waals surface area contributed by atoms with Gasteiger partial charge in [-0.25, -0.2) is 0 Å². The van der Waals surface area contributed by atoms with Crippen LogP contribution in [0.15, 0.2) is 25.3 Å². The molecule has 1 heteroatoms. The predicted molar refractivity (Wildman–Crippen MR) is 55.8 cm³/mol. The minimum Gasteiger partial charge on any atom is -0.291 e.